The Labute approximate surface area is 112 Å². The number of aromatic amines is 1. The molecule has 0 spiro atoms. The van der Waals surface area contributed by atoms with Crippen LogP contribution >= 0.6 is 0 Å². The van der Waals surface area contributed by atoms with Gasteiger partial charge in [0.25, 0.3) is 5.56 Å². The van der Waals surface area contributed by atoms with Crippen LogP contribution in [0.4, 0.5) is 4.39 Å². The van der Waals surface area contributed by atoms with Gasteiger partial charge in [0.2, 0.25) is 0 Å². The number of halogens is 1. The zero-order valence-electron chi connectivity index (χ0n) is 11.7. The number of hydrogen-bond acceptors (Lipinski definition) is 1. The molecule has 0 aliphatic rings. The lowest BCUT2D eigenvalue weighted by molar-refractivity contribution is 0.590. The van der Waals surface area contributed by atoms with E-state index in [0.29, 0.717) is 5.56 Å². The highest BCUT2D eigenvalue weighted by Gasteiger charge is 2.16. The molecule has 0 unspecified atom stereocenters. The number of nitrogens with one attached hydrogen (secondary N) is 1. The molecule has 0 amide bonds. The molecule has 0 radical (unpaired) electrons. The molecule has 100 valence electrons. The lowest BCUT2D eigenvalue weighted by Crippen LogP contribution is -2.13. The number of benzene rings is 1. The van der Waals surface area contributed by atoms with Gasteiger partial charge in [0, 0.05) is 11.8 Å². The minimum Gasteiger partial charge on any atom is -0.326 e. The van der Waals surface area contributed by atoms with E-state index in [4.69, 9.17) is 0 Å². The molecule has 0 atom stereocenters. The van der Waals surface area contributed by atoms with Crippen LogP contribution in [-0.2, 0) is 5.41 Å². The molecule has 3 heteroatoms. The maximum atomic E-state index is 13.3. The standard InChI is InChI=1S/C16H18FNO/c1-10-5-11(7-12(6-10)16(2,3)4)14-8-13(17)9-18-15(14)19/h5-9H,1-4H3,(H,18,19). The Kier molecular flexibility index (Phi) is 3.31. The van der Waals surface area contributed by atoms with Gasteiger partial charge in [0.15, 0.2) is 0 Å². The minimum atomic E-state index is -0.437. The quantitative estimate of drug-likeness (QED) is 0.830. The summed E-state index contributed by atoms with van der Waals surface area (Å²) in [5, 5.41) is 0. The van der Waals surface area contributed by atoms with Crippen molar-refractivity contribution in [1.82, 2.24) is 4.98 Å². The van der Waals surface area contributed by atoms with Crippen molar-refractivity contribution in [1.29, 1.82) is 0 Å². The summed E-state index contributed by atoms with van der Waals surface area (Å²) in [5.41, 5.74) is 3.03. The van der Waals surface area contributed by atoms with Gasteiger partial charge in [-0.1, -0.05) is 44.5 Å². The number of rotatable bonds is 1. The molecule has 1 aromatic heterocycles. The largest absolute Gasteiger partial charge is 0.326 e. The van der Waals surface area contributed by atoms with Gasteiger partial charge in [0.05, 0.1) is 0 Å². The first-order valence-electron chi connectivity index (χ1n) is 6.28. The highest BCUT2D eigenvalue weighted by atomic mass is 19.1. The molecule has 2 nitrogen and oxygen atoms in total. The van der Waals surface area contributed by atoms with Crippen LogP contribution < -0.4 is 5.56 Å². The second kappa shape index (κ2) is 4.65. The van der Waals surface area contributed by atoms with Gasteiger partial charge in [-0.05, 0) is 29.5 Å². The van der Waals surface area contributed by atoms with Crippen LogP contribution in [0, 0.1) is 12.7 Å². The molecular weight excluding hydrogens is 241 g/mol. The van der Waals surface area contributed by atoms with Crippen LogP contribution in [0.1, 0.15) is 31.9 Å². The predicted octanol–water partition coefficient (Wildman–Crippen LogP) is 3.79. The highest BCUT2D eigenvalue weighted by Crippen LogP contribution is 2.28. The van der Waals surface area contributed by atoms with Crippen molar-refractivity contribution >= 4 is 0 Å². The maximum absolute atomic E-state index is 13.3. The summed E-state index contributed by atoms with van der Waals surface area (Å²) in [6.45, 7) is 8.32. The van der Waals surface area contributed by atoms with E-state index in [2.05, 4.69) is 31.8 Å². The summed E-state index contributed by atoms with van der Waals surface area (Å²) >= 11 is 0. The van der Waals surface area contributed by atoms with Gasteiger partial charge >= 0.3 is 0 Å². The Hall–Kier alpha value is -1.90. The molecule has 2 rings (SSSR count). The number of hydrogen-bond donors (Lipinski definition) is 1. The average molecular weight is 259 g/mol. The summed E-state index contributed by atoms with van der Waals surface area (Å²) in [7, 11) is 0. The van der Waals surface area contributed by atoms with E-state index >= 15 is 0 Å². The average Bonchev–Trinajstić information content (AvgIpc) is 2.30. The van der Waals surface area contributed by atoms with Crippen molar-refractivity contribution in [3.63, 3.8) is 0 Å². The fourth-order valence-corrected chi connectivity index (χ4v) is 2.04. The van der Waals surface area contributed by atoms with Crippen molar-refractivity contribution in [3.05, 3.63) is 57.8 Å². The summed E-state index contributed by atoms with van der Waals surface area (Å²) in [6, 6.07) is 7.23. The second-order valence-electron chi connectivity index (χ2n) is 5.90. The third kappa shape index (κ3) is 2.92. The Morgan fingerprint density at radius 2 is 1.79 bits per heavy atom. The predicted molar refractivity (Wildman–Crippen MR) is 75.9 cm³/mol. The number of pyridine rings is 1. The summed E-state index contributed by atoms with van der Waals surface area (Å²) < 4.78 is 13.3. The molecule has 0 fully saturated rings. The van der Waals surface area contributed by atoms with Gasteiger partial charge in [-0.25, -0.2) is 4.39 Å². The molecule has 1 heterocycles. The van der Waals surface area contributed by atoms with E-state index in [0.717, 1.165) is 22.9 Å². The first-order valence-corrected chi connectivity index (χ1v) is 6.28. The highest BCUT2D eigenvalue weighted by molar-refractivity contribution is 5.64. The lowest BCUT2D eigenvalue weighted by atomic mass is 9.84. The molecule has 1 N–H and O–H groups in total. The summed E-state index contributed by atoms with van der Waals surface area (Å²) in [6.07, 6.45) is 1.08. The zero-order chi connectivity index (χ0) is 14.2. The Bertz CT molecular complexity index is 665. The fraction of sp³-hybridized carbons (Fsp3) is 0.312. The first-order chi connectivity index (χ1) is 8.77. The Morgan fingerprint density at radius 3 is 2.42 bits per heavy atom. The second-order valence-corrected chi connectivity index (χ2v) is 5.90. The van der Waals surface area contributed by atoms with E-state index in [9.17, 15) is 9.18 Å². The van der Waals surface area contributed by atoms with E-state index in [1.807, 2.05) is 19.1 Å². The normalized spacial score (nSPS) is 11.6. The van der Waals surface area contributed by atoms with Gasteiger partial charge in [-0.2, -0.15) is 0 Å². The van der Waals surface area contributed by atoms with Gasteiger partial charge in [0.1, 0.15) is 5.82 Å². The van der Waals surface area contributed by atoms with Gasteiger partial charge < -0.3 is 4.98 Å². The molecular formula is C16H18FNO. The molecule has 19 heavy (non-hydrogen) atoms. The minimum absolute atomic E-state index is 0.0130. The monoisotopic (exact) mass is 259 g/mol. The summed E-state index contributed by atoms with van der Waals surface area (Å²) in [5.74, 6) is -0.437. The van der Waals surface area contributed by atoms with E-state index in [-0.39, 0.29) is 11.0 Å². The Morgan fingerprint density at radius 1 is 1.11 bits per heavy atom. The van der Waals surface area contributed by atoms with Crippen LogP contribution in [0.2, 0.25) is 0 Å². The molecule has 0 aliphatic heterocycles. The topological polar surface area (TPSA) is 32.9 Å². The smallest absolute Gasteiger partial charge is 0.256 e. The SMILES string of the molecule is Cc1cc(-c2cc(F)c[nH]c2=O)cc(C(C)(C)C)c1. The van der Waals surface area contributed by atoms with E-state index in [1.165, 1.54) is 6.07 Å². The maximum Gasteiger partial charge on any atom is 0.256 e. The number of aromatic nitrogens is 1. The van der Waals surface area contributed by atoms with Crippen LogP contribution in [-0.4, -0.2) is 4.98 Å². The number of aryl methyl sites for hydroxylation is 1. The first kappa shape index (κ1) is 13.5. The lowest BCUT2D eigenvalue weighted by Gasteiger charge is -2.20. The van der Waals surface area contributed by atoms with Crippen LogP contribution in [0.15, 0.2) is 35.3 Å². The van der Waals surface area contributed by atoms with Crippen molar-refractivity contribution in [2.24, 2.45) is 0 Å². The molecule has 0 saturated heterocycles. The molecule has 0 aliphatic carbocycles. The number of H-pyrrole nitrogens is 1. The molecule has 0 bridgehead atoms. The van der Waals surface area contributed by atoms with Crippen molar-refractivity contribution in [2.45, 2.75) is 33.1 Å². The van der Waals surface area contributed by atoms with E-state index < -0.39 is 5.82 Å². The third-order valence-electron chi connectivity index (χ3n) is 3.12. The van der Waals surface area contributed by atoms with Gasteiger partial charge in [-0.3, -0.25) is 4.79 Å². The summed E-state index contributed by atoms with van der Waals surface area (Å²) in [4.78, 5) is 14.2. The third-order valence-corrected chi connectivity index (χ3v) is 3.12. The zero-order valence-corrected chi connectivity index (χ0v) is 11.7. The van der Waals surface area contributed by atoms with Crippen molar-refractivity contribution < 1.29 is 4.39 Å². The van der Waals surface area contributed by atoms with Crippen LogP contribution in [0.3, 0.4) is 0 Å². The molecule has 0 saturated carbocycles. The van der Waals surface area contributed by atoms with Gasteiger partial charge in [-0.15, -0.1) is 0 Å². The molecule has 1 aromatic carbocycles. The Balaban J connectivity index is 2.66. The van der Waals surface area contributed by atoms with Crippen LogP contribution in [0.25, 0.3) is 11.1 Å². The van der Waals surface area contributed by atoms with Crippen LogP contribution in [0.5, 0.6) is 0 Å². The van der Waals surface area contributed by atoms with E-state index in [1.54, 1.807) is 0 Å². The van der Waals surface area contributed by atoms with Crippen molar-refractivity contribution in [2.75, 3.05) is 0 Å². The molecule has 2 aromatic rings. The van der Waals surface area contributed by atoms with Crippen molar-refractivity contribution in [3.8, 4) is 11.1 Å². The fourth-order valence-electron chi connectivity index (χ4n) is 2.04.